The molecule has 0 saturated heterocycles. The molecule has 0 fully saturated rings. The third-order valence-corrected chi connectivity index (χ3v) is 4.82. The fourth-order valence-corrected chi connectivity index (χ4v) is 3.80. The minimum absolute atomic E-state index is 0.296. The summed E-state index contributed by atoms with van der Waals surface area (Å²) in [6, 6.07) is 13.0. The Morgan fingerprint density at radius 1 is 1.20 bits per heavy atom. The molecule has 2 aliphatic rings. The van der Waals surface area contributed by atoms with Crippen molar-refractivity contribution in [3.8, 4) is 0 Å². The van der Waals surface area contributed by atoms with Gasteiger partial charge in [-0.15, -0.1) is 0 Å². The van der Waals surface area contributed by atoms with E-state index in [0.29, 0.717) is 17.9 Å². The maximum Gasteiger partial charge on any atom is 0.0725 e. The Kier molecular flexibility index (Phi) is 2.88. The van der Waals surface area contributed by atoms with Crippen molar-refractivity contribution < 1.29 is 0 Å². The molecule has 20 heavy (non-hydrogen) atoms. The molecule has 3 heteroatoms. The first-order valence-electron chi connectivity index (χ1n) is 6.96. The Labute approximate surface area is 127 Å². The van der Waals surface area contributed by atoms with Crippen molar-refractivity contribution in [3.05, 3.63) is 70.5 Å². The predicted molar refractivity (Wildman–Crippen MR) is 84.7 cm³/mol. The lowest BCUT2D eigenvalue weighted by Gasteiger charge is -2.37. The second kappa shape index (κ2) is 4.74. The zero-order valence-electron chi connectivity index (χ0n) is 11.0. The molecule has 100 valence electrons. The van der Waals surface area contributed by atoms with Crippen LogP contribution in [0, 0.1) is 5.92 Å². The molecule has 1 aliphatic heterocycles. The first-order chi connectivity index (χ1) is 9.83. The van der Waals surface area contributed by atoms with Crippen molar-refractivity contribution in [2.75, 3.05) is 5.32 Å². The summed E-state index contributed by atoms with van der Waals surface area (Å²) in [7, 11) is 0. The topological polar surface area (TPSA) is 24.9 Å². The Morgan fingerprint density at radius 2 is 2.15 bits per heavy atom. The highest BCUT2D eigenvalue weighted by molar-refractivity contribution is 9.10. The van der Waals surface area contributed by atoms with Crippen LogP contribution in [0.5, 0.6) is 0 Å². The number of pyridine rings is 1. The number of aromatic nitrogens is 1. The highest BCUT2D eigenvalue weighted by atomic mass is 79.9. The Hall–Kier alpha value is -1.61. The molecule has 4 rings (SSSR count). The largest absolute Gasteiger partial charge is 0.376 e. The number of nitrogens with one attached hydrogen (secondary N) is 1. The maximum atomic E-state index is 4.55. The van der Waals surface area contributed by atoms with Crippen LogP contribution < -0.4 is 5.32 Å². The van der Waals surface area contributed by atoms with E-state index in [1.807, 2.05) is 12.3 Å². The van der Waals surface area contributed by atoms with E-state index in [1.54, 1.807) is 0 Å². The lowest BCUT2D eigenvalue weighted by Crippen LogP contribution is -2.29. The van der Waals surface area contributed by atoms with Gasteiger partial charge in [0, 0.05) is 22.3 Å². The molecule has 2 heterocycles. The summed E-state index contributed by atoms with van der Waals surface area (Å²) in [6.07, 6.45) is 7.66. The smallest absolute Gasteiger partial charge is 0.0725 e. The molecule has 0 amide bonds. The fourth-order valence-electron chi connectivity index (χ4n) is 3.42. The minimum Gasteiger partial charge on any atom is -0.376 e. The van der Waals surface area contributed by atoms with Crippen LogP contribution in [-0.2, 0) is 0 Å². The summed E-state index contributed by atoms with van der Waals surface area (Å²) in [6.45, 7) is 0. The van der Waals surface area contributed by atoms with Crippen molar-refractivity contribution in [2.45, 2.75) is 18.4 Å². The van der Waals surface area contributed by atoms with Gasteiger partial charge in [0.25, 0.3) is 0 Å². The van der Waals surface area contributed by atoms with Crippen LogP contribution in [0.2, 0.25) is 0 Å². The van der Waals surface area contributed by atoms with Gasteiger partial charge in [-0.05, 0) is 48.2 Å². The first-order valence-corrected chi connectivity index (χ1v) is 7.76. The van der Waals surface area contributed by atoms with E-state index in [1.165, 1.54) is 11.3 Å². The van der Waals surface area contributed by atoms with E-state index in [0.717, 1.165) is 16.6 Å². The zero-order chi connectivity index (χ0) is 13.5. The van der Waals surface area contributed by atoms with E-state index in [-0.39, 0.29) is 0 Å². The fraction of sp³-hybridized carbons (Fsp3) is 0.235. The summed E-state index contributed by atoms with van der Waals surface area (Å²) in [5.74, 6) is 1.06. The van der Waals surface area contributed by atoms with Gasteiger partial charge in [-0.3, -0.25) is 4.98 Å². The van der Waals surface area contributed by atoms with Crippen LogP contribution in [0.4, 0.5) is 5.69 Å². The molecule has 2 nitrogen and oxygen atoms in total. The van der Waals surface area contributed by atoms with Crippen molar-refractivity contribution in [2.24, 2.45) is 5.92 Å². The Balaban J connectivity index is 1.80. The number of halogens is 1. The van der Waals surface area contributed by atoms with Crippen molar-refractivity contribution in [3.63, 3.8) is 0 Å². The molecular formula is C17H15BrN2. The molecule has 0 unspecified atom stereocenters. The third kappa shape index (κ3) is 1.88. The molecule has 3 atom stereocenters. The van der Waals surface area contributed by atoms with E-state index in [2.05, 4.69) is 68.7 Å². The summed E-state index contributed by atoms with van der Waals surface area (Å²) in [5, 5.41) is 3.69. The van der Waals surface area contributed by atoms with Crippen LogP contribution >= 0.6 is 15.9 Å². The van der Waals surface area contributed by atoms with Crippen LogP contribution in [0.25, 0.3) is 0 Å². The van der Waals surface area contributed by atoms with Gasteiger partial charge in [0.1, 0.15) is 0 Å². The maximum absolute atomic E-state index is 4.55. The lowest BCUT2D eigenvalue weighted by atomic mass is 9.78. The SMILES string of the molecule is Brc1ccc2c(c1)[C@@H]1C=CC[C@@H]1[C@H](c1ccccn1)N2. The summed E-state index contributed by atoms with van der Waals surface area (Å²) in [4.78, 5) is 4.55. The predicted octanol–water partition coefficient (Wildman–Crippen LogP) is 4.67. The van der Waals surface area contributed by atoms with Gasteiger partial charge in [-0.2, -0.15) is 0 Å². The summed E-state index contributed by atoms with van der Waals surface area (Å²) < 4.78 is 1.15. The molecule has 0 spiro atoms. The lowest BCUT2D eigenvalue weighted by molar-refractivity contribution is 0.419. The molecule has 1 N–H and O–H groups in total. The molecule has 0 bridgehead atoms. The number of fused-ring (bicyclic) bond motifs is 3. The number of hydrogen-bond acceptors (Lipinski definition) is 2. The van der Waals surface area contributed by atoms with Gasteiger partial charge in [0.2, 0.25) is 0 Å². The van der Waals surface area contributed by atoms with Gasteiger partial charge in [0.05, 0.1) is 11.7 Å². The van der Waals surface area contributed by atoms with Crippen molar-refractivity contribution >= 4 is 21.6 Å². The molecular weight excluding hydrogens is 312 g/mol. The second-order valence-corrected chi connectivity index (χ2v) is 6.38. The zero-order valence-corrected chi connectivity index (χ0v) is 12.5. The van der Waals surface area contributed by atoms with Crippen LogP contribution in [0.15, 0.2) is 59.2 Å². The van der Waals surface area contributed by atoms with Gasteiger partial charge in [-0.1, -0.05) is 34.1 Å². The molecule has 1 aromatic heterocycles. The second-order valence-electron chi connectivity index (χ2n) is 5.46. The van der Waals surface area contributed by atoms with Crippen molar-refractivity contribution in [1.82, 2.24) is 4.98 Å². The van der Waals surface area contributed by atoms with Gasteiger partial charge in [-0.25, -0.2) is 0 Å². The van der Waals surface area contributed by atoms with Gasteiger partial charge in [0.15, 0.2) is 0 Å². The molecule has 2 aromatic rings. The standard InChI is InChI=1S/C17H15BrN2/c18-11-7-8-15-14(10-11)12-4-3-5-13(12)17(20-15)16-6-1-2-9-19-16/h1-4,6-10,12-13,17,20H,5H2/t12-,13+,17-/m1/s1. The normalized spacial score (nSPS) is 26.8. The van der Waals surface area contributed by atoms with E-state index in [9.17, 15) is 0 Å². The number of allylic oxidation sites excluding steroid dienone is 2. The Morgan fingerprint density at radius 3 is 3.00 bits per heavy atom. The third-order valence-electron chi connectivity index (χ3n) is 4.33. The average molecular weight is 327 g/mol. The number of hydrogen-bond donors (Lipinski definition) is 1. The summed E-state index contributed by atoms with van der Waals surface area (Å²) >= 11 is 3.58. The highest BCUT2D eigenvalue weighted by Crippen LogP contribution is 2.49. The van der Waals surface area contributed by atoms with Crippen molar-refractivity contribution in [1.29, 1.82) is 0 Å². The minimum atomic E-state index is 0.296. The molecule has 0 saturated carbocycles. The number of benzene rings is 1. The molecule has 1 aromatic carbocycles. The van der Waals surface area contributed by atoms with Crippen LogP contribution in [0.1, 0.15) is 29.6 Å². The quantitative estimate of drug-likeness (QED) is 0.770. The van der Waals surface area contributed by atoms with E-state index in [4.69, 9.17) is 0 Å². The van der Waals surface area contributed by atoms with Crippen LogP contribution in [0.3, 0.4) is 0 Å². The number of nitrogens with zero attached hydrogens (tertiary/aromatic N) is 1. The summed E-state index contributed by atoms with van der Waals surface area (Å²) in [5.41, 5.74) is 3.77. The number of anilines is 1. The average Bonchev–Trinajstić information content (AvgIpc) is 2.97. The monoisotopic (exact) mass is 326 g/mol. The Bertz CT molecular complexity index is 666. The van der Waals surface area contributed by atoms with Gasteiger partial charge >= 0.3 is 0 Å². The van der Waals surface area contributed by atoms with Crippen LogP contribution in [-0.4, -0.2) is 4.98 Å². The molecule has 1 aliphatic carbocycles. The van der Waals surface area contributed by atoms with Gasteiger partial charge < -0.3 is 5.32 Å². The van der Waals surface area contributed by atoms with E-state index < -0.39 is 0 Å². The first kappa shape index (κ1) is 12.2. The van der Waals surface area contributed by atoms with E-state index >= 15 is 0 Å². The number of rotatable bonds is 1. The molecule has 0 radical (unpaired) electrons. The highest BCUT2D eigenvalue weighted by Gasteiger charge is 2.38.